The van der Waals surface area contributed by atoms with Crippen molar-refractivity contribution in [3.63, 3.8) is 0 Å². The minimum absolute atomic E-state index is 0.193. The third-order valence-corrected chi connectivity index (χ3v) is 4.65. The lowest BCUT2D eigenvalue weighted by Gasteiger charge is -2.26. The number of amides is 3. The largest absolute Gasteiger partial charge is 0.469 e. The van der Waals surface area contributed by atoms with Crippen LogP contribution in [0, 0.1) is 5.92 Å². The van der Waals surface area contributed by atoms with Crippen LogP contribution in [0.3, 0.4) is 0 Å². The molecule has 1 aliphatic rings. The van der Waals surface area contributed by atoms with Crippen LogP contribution < -0.4 is 0 Å². The predicted octanol–water partition coefficient (Wildman–Crippen LogP) is 2.11. The molecule has 1 atom stereocenters. The van der Waals surface area contributed by atoms with Gasteiger partial charge in [-0.05, 0) is 18.6 Å². The number of fused-ring (bicyclic) bond motifs is 1. The number of carbonyl (C=O) groups is 4. The van der Waals surface area contributed by atoms with E-state index in [0.717, 1.165) is 24.2 Å². The number of imide groups is 1. The zero-order valence-electron chi connectivity index (χ0n) is 16.1. The van der Waals surface area contributed by atoms with E-state index in [9.17, 15) is 19.2 Å². The van der Waals surface area contributed by atoms with Gasteiger partial charge >= 0.3 is 5.97 Å². The van der Waals surface area contributed by atoms with Crippen LogP contribution in [0.25, 0.3) is 0 Å². The summed E-state index contributed by atoms with van der Waals surface area (Å²) in [7, 11) is 1.31. The Morgan fingerprint density at radius 1 is 1.11 bits per heavy atom. The van der Waals surface area contributed by atoms with Crippen molar-refractivity contribution in [1.82, 2.24) is 9.80 Å². The monoisotopic (exact) mass is 374 g/mol. The first-order valence-corrected chi connectivity index (χ1v) is 9.21. The molecule has 1 unspecified atom stereocenters. The zero-order valence-corrected chi connectivity index (χ0v) is 16.1. The molecule has 27 heavy (non-hydrogen) atoms. The van der Waals surface area contributed by atoms with Crippen molar-refractivity contribution in [2.75, 3.05) is 26.7 Å². The van der Waals surface area contributed by atoms with Gasteiger partial charge in [-0.2, -0.15) is 0 Å². The second kappa shape index (κ2) is 9.30. The molecule has 1 aromatic carbocycles. The highest BCUT2D eigenvalue weighted by molar-refractivity contribution is 6.22. The Kier molecular flexibility index (Phi) is 7.10. The molecule has 0 N–H and O–H groups in total. The van der Waals surface area contributed by atoms with Crippen molar-refractivity contribution in [2.24, 2.45) is 5.92 Å². The topological polar surface area (TPSA) is 84.0 Å². The van der Waals surface area contributed by atoms with Crippen LogP contribution >= 0.6 is 0 Å². The summed E-state index contributed by atoms with van der Waals surface area (Å²) in [4.78, 5) is 52.0. The lowest BCUT2D eigenvalue weighted by Crippen LogP contribution is -2.45. The van der Waals surface area contributed by atoms with E-state index in [0.29, 0.717) is 17.7 Å². The highest BCUT2D eigenvalue weighted by Crippen LogP contribution is 2.22. The molecule has 3 amide bonds. The van der Waals surface area contributed by atoms with Gasteiger partial charge in [0.2, 0.25) is 5.91 Å². The number of hydrogen-bond acceptors (Lipinski definition) is 5. The quantitative estimate of drug-likeness (QED) is 0.375. The average molecular weight is 374 g/mol. The molecule has 0 spiro atoms. The molecule has 1 heterocycles. The predicted molar refractivity (Wildman–Crippen MR) is 99.1 cm³/mol. The fourth-order valence-electron chi connectivity index (χ4n) is 3.09. The van der Waals surface area contributed by atoms with E-state index in [4.69, 9.17) is 4.74 Å². The van der Waals surface area contributed by atoms with E-state index in [2.05, 4.69) is 6.92 Å². The van der Waals surface area contributed by atoms with Crippen molar-refractivity contribution in [1.29, 1.82) is 0 Å². The Morgan fingerprint density at radius 2 is 1.70 bits per heavy atom. The van der Waals surface area contributed by atoms with Gasteiger partial charge in [-0.3, -0.25) is 24.1 Å². The second-order valence-electron chi connectivity index (χ2n) is 6.71. The number of methoxy groups -OCH3 is 1. The van der Waals surface area contributed by atoms with E-state index in [1.165, 1.54) is 7.11 Å². The normalized spacial score (nSPS) is 14.1. The molecule has 0 saturated carbocycles. The summed E-state index contributed by atoms with van der Waals surface area (Å²) >= 11 is 0. The number of esters is 1. The number of nitrogens with zero attached hydrogens (tertiary/aromatic N) is 2. The summed E-state index contributed by atoms with van der Waals surface area (Å²) in [6.07, 6.45) is 2.73. The Bertz CT molecular complexity index is 696. The lowest BCUT2D eigenvalue weighted by atomic mass is 10.1. The van der Waals surface area contributed by atoms with Gasteiger partial charge in [-0.1, -0.05) is 38.8 Å². The SMILES string of the molecule is CCCCCN(CC(C)C(=O)OC)C(=O)CN1C(=O)c2ccccc2C1=O. The molecule has 0 saturated heterocycles. The Balaban J connectivity index is 2.09. The fraction of sp³-hybridized carbons (Fsp3) is 0.500. The van der Waals surface area contributed by atoms with Gasteiger partial charge in [-0.15, -0.1) is 0 Å². The van der Waals surface area contributed by atoms with Crippen LogP contribution in [0.2, 0.25) is 0 Å². The first-order chi connectivity index (χ1) is 12.9. The lowest BCUT2D eigenvalue weighted by molar-refractivity contribution is -0.146. The number of hydrogen-bond donors (Lipinski definition) is 0. The molecule has 0 radical (unpaired) electrons. The molecular weight excluding hydrogens is 348 g/mol. The minimum atomic E-state index is -0.484. The van der Waals surface area contributed by atoms with E-state index >= 15 is 0 Å². The third kappa shape index (κ3) is 4.72. The number of ether oxygens (including phenoxy) is 1. The summed E-state index contributed by atoms with van der Waals surface area (Å²) in [6.45, 7) is 4.08. The van der Waals surface area contributed by atoms with E-state index < -0.39 is 23.7 Å². The molecule has 7 heteroatoms. The highest BCUT2D eigenvalue weighted by atomic mass is 16.5. The molecule has 0 aliphatic carbocycles. The zero-order chi connectivity index (χ0) is 20.0. The first-order valence-electron chi connectivity index (χ1n) is 9.21. The van der Waals surface area contributed by atoms with E-state index in [-0.39, 0.29) is 19.0 Å². The van der Waals surface area contributed by atoms with Gasteiger partial charge in [0.05, 0.1) is 24.2 Å². The molecular formula is C20H26N2O5. The van der Waals surface area contributed by atoms with Crippen molar-refractivity contribution < 1.29 is 23.9 Å². The molecule has 7 nitrogen and oxygen atoms in total. The van der Waals surface area contributed by atoms with Crippen molar-refractivity contribution in [3.05, 3.63) is 35.4 Å². The van der Waals surface area contributed by atoms with Gasteiger partial charge in [-0.25, -0.2) is 0 Å². The number of carbonyl (C=O) groups excluding carboxylic acids is 4. The van der Waals surface area contributed by atoms with E-state index in [1.807, 2.05) is 0 Å². The molecule has 0 aromatic heterocycles. The van der Waals surface area contributed by atoms with E-state index in [1.54, 1.807) is 36.1 Å². The van der Waals surface area contributed by atoms with Gasteiger partial charge < -0.3 is 9.64 Å². The maximum absolute atomic E-state index is 12.8. The average Bonchev–Trinajstić information content (AvgIpc) is 2.91. The Labute approximate surface area is 159 Å². The van der Waals surface area contributed by atoms with Crippen LogP contribution in [-0.4, -0.2) is 60.2 Å². The summed E-state index contributed by atoms with van der Waals surface area (Å²) < 4.78 is 4.73. The fourth-order valence-corrected chi connectivity index (χ4v) is 3.09. The summed E-state index contributed by atoms with van der Waals surface area (Å²) in [5.41, 5.74) is 0.631. The van der Waals surface area contributed by atoms with Crippen molar-refractivity contribution in [3.8, 4) is 0 Å². The minimum Gasteiger partial charge on any atom is -0.469 e. The summed E-state index contributed by atoms with van der Waals surface area (Å²) in [5, 5.41) is 0. The third-order valence-electron chi connectivity index (χ3n) is 4.65. The van der Waals surface area contributed by atoms with Gasteiger partial charge in [0.1, 0.15) is 6.54 Å². The standard InChI is InChI=1S/C20H26N2O5/c1-4-5-8-11-21(12-14(2)20(26)27-3)17(23)13-22-18(24)15-9-6-7-10-16(15)19(22)25/h6-7,9-10,14H,4-5,8,11-13H2,1-3H3. The molecule has 2 rings (SSSR count). The van der Waals surface area contributed by atoms with Crippen LogP contribution in [0.15, 0.2) is 24.3 Å². The highest BCUT2D eigenvalue weighted by Gasteiger charge is 2.37. The molecule has 0 fully saturated rings. The first kappa shape index (κ1) is 20.6. The molecule has 146 valence electrons. The maximum atomic E-state index is 12.8. The van der Waals surface area contributed by atoms with Crippen molar-refractivity contribution in [2.45, 2.75) is 33.1 Å². The number of unbranched alkanes of at least 4 members (excludes halogenated alkanes) is 2. The smallest absolute Gasteiger partial charge is 0.310 e. The molecule has 1 aliphatic heterocycles. The maximum Gasteiger partial charge on any atom is 0.310 e. The van der Waals surface area contributed by atoms with Crippen LogP contribution in [-0.2, 0) is 14.3 Å². The molecule has 1 aromatic rings. The van der Waals surface area contributed by atoms with Gasteiger partial charge in [0, 0.05) is 13.1 Å². The van der Waals surface area contributed by atoms with Crippen LogP contribution in [0.5, 0.6) is 0 Å². The van der Waals surface area contributed by atoms with Gasteiger partial charge in [0.15, 0.2) is 0 Å². The summed E-state index contributed by atoms with van der Waals surface area (Å²) in [6, 6.07) is 6.53. The Hall–Kier alpha value is -2.70. The second-order valence-corrected chi connectivity index (χ2v) is 6.71. The van der Waals surface area contributed by atoms with Crippen molar-refractivity contribution >= 4 is 23.7 Å². The Morgan fingerprint density at radius 3 is 2.22 bits per heavy atom. The number of rotatable bonds is 9. The molecule has 0 bridgehead atoms. The van der Waals surface area contributed by atoms with Crippen LogP contribution in [0.1, 0.15) is 53.8 Å². The van der Waals surface area contributed by atoms with Crippen LogP contribution in [0.4, 0.5) is 0 Å². The van der Waals surface area contributed by atoms with Gasteiger partial charge in [0.25, 0.3) is 11.8 Å². The summed E-state index contributed by atoms with van der Waals surface area (Å²) in [5.74, 6) is -2.15. The number of benzene rings is 1.